The number of hydrogen-bond acceptors (Lipinski definition) is 18. The molecule has 4 rings (SSSR count). The summed E-state index contributed by atoms with van der Waals surface area (Å²) in [5, 5.41) is 0. The molecule has 4 aliphatic heterocycles. The molecule has 0 saturated carbocycles. The van der Waals surface area contributed by atoms with Gasteiger partial charge in [-0.05, 0) is 75.0 Å². The minimum Gasteiger partial charge on any atom is -0.379 e. The SMILES string of the molecule is C1CCCCOCCOCCOCCOCCC1.C1CCOCCOCCOCCOCC1.C1CCOCCOCCOCCOCCOCC1.C1COCCOCCOCCOCCO1.CC(C)C.CC(C)C.CC(C)C.CC(C)C. The third-order valence-electron chi connectivity index (χ3n) is 9.56. The van der Waals surface area contributed by atoms with Gasteiger partial charge in [0.2, 0.25) is 0 Å². The van der Waals surface area contributed by atoms with Crippen molar-refractivity contribution in [3.63, 3.8) is 0 Å². The largest absolute Gasteiger partial charge is 0.379 e. The Labute approximate surface area is 505 Å². The molecule has 0 atom stereocenters. The molecule has 0 aromatic carbocycles. The molecule has 0 aromatic heterocycles. The fourth-order valence-electron chi connectivity index (χ4n) is 5.89. The predicted octanol–water partition coefficient (Wildman–Crippen LogP) is 11.6. The molecule has 0 radical (unpaired) electrons. The zero-order chi connectivity index (χ0) is 61.0. The quantitative estimate of drug-likeness (QED) is 0.224. The van der Waals surface area contributed by atoms with Crippen molar-refractivity contribution in [2.75, 3.05) is 238 Å². The molecule has 0 aliphatic carbocycles. The van der Waals surface area contributed by atoms with Crippen molar-refractivity contribution < 1.29 is 85.3 Å². The minimum absolute atomic E-state index is 0.611. The van der Waals surface area contributed by atoms with Gasteiger partial charge >= 0.3 is 0 Å². The molecule has 0 spiro atoms. The average molecular weight is 1190 g/mol. The summed E-state index contributed by atoms with van der Waals surface area (Å²) in [5.41, 5.74) is 0. The highest BCUT2D eigenvalue weighted by Crippen LogP contribution is 2.06. The van der Waals surface area contributed by atoms with E-state index in [1.807, 2.05) is 0 Å². The maximum Gasteiger partial charge on any atom is 0.0701 e. The normalized spacial score (nSPS) is 21.1. The first-order valence-corrected chi connectivity index (χ1v) is 32.3. The van der Waals surface area contributed by atoms with Crippen LogP contribution >= 0.6 is 0 Å². The molecule has 4 heterocycles. The van der Waals surface area contributed by atoms with Crippen molar-refractivity contribution in [2.45, 2.75) is 160 Å². The van der Waals surface area contributed by atoms with Gasteiger partial charge < -0.3 is 85.3 Å². The molecule has 82 heavy (non-hydrogen) atoms. The van der Waals surface area contributed by atoms with Gasteiger partial charge in [-0.15, -0.1) is 0 Å². The first-order chi connectivity index (χ1) is 39.9. The van der Waals surface area contributed by atoms with Gasteiger partial charge in [-0.2, -0.15) is 0 Å². The summed E-state index contributed by atoms with van der Waals surface area (Å²) in [6.45, 7) is 50.2. The summed E-state index contributed by atoms with van der Waals surface area (Å²) >= 11 is 0. The van der Waals surface area contributed by atoms with Gasteiger partial charge in [0.25, 0.3) is 0 Å². The third-order valence-corrected chi connectivity index (χ3v) is 9.56. The maximum absolute atomic E-state index is 5.49. The van der Waals surface area contributed by atoms with Gasteiger partial charge in [-0.1, -0.05) is 109 Å². The van der Waals surface area contributed by atoms with Crippen LogP contribution in [0.3, 0.4) is 0 Å². The molecule has 4 aliphatic rings. The first kappa shape index (κ1) is 87.7. The molecule has 0 amide bonds. The number of ether oxygens (including phenoxy) is 18. The Balaban J connectivity index is -0.000000454. The van der Waals surface area contributed by atoms with E-state index in [4.69, 9.17) is 85.3 Å². The molecule has 0 bridgehead atoms. The summed E-state index contributed by atoms with van der Waals surface area (Å²) in [4.78, 5) is 0. The molecule has 0 aromatic rings. The Morgan fingerprint density at radius 3 is 0.268 bits per heavy atom. The highest BCUT2D eigenvalue weighted by Gasteiger charge is 2.00. The van der Waals surface area contributed by atoms with Gasteiger partial charge in [-0.25, -0.2) is 0 Å². The van der Waals surface area contributed by atoms with Crippen molar-refractivity contribution in [2.24, 2.45) is 23.7 Å². The molecule has 4 saturated heterocycles. The monoisotopic (exact) mass is 1190 g/mol. The van der Waals surface area contributed by atoms with Gasteiger partial charge in [0.1, 0.15) is 0 Å². The molecule has 0 N–H and O–H groups in total. The average Bonchev–Trinajstić information content (AvgIpc) is 3.44. The zero-order valence-corrected chi connectivity index (χ0v) is 55.6. The summed E-state index contributed by atoms with van der Waals surface area (Å²) in [6.07, 6.45) is 14.2. The maximum atomic E-state index is 5.49. The second-order valence-corrected chi connectivity index (χ2v) is 22.2. The topological polar surface area (TPSA) is 166 Å². The van der Waals surface area contributed by atoms with E-state index in [0.29, 0.717) is 198 Å². The van der Waals surface area contributed by atoms with E-state index in [2.05, 4.69) is 83.1 Å². The molecule has 4 fully saturated rings. The Morgan fingerprint density at radius 2 is 0.171 bits per heavy atom. The van der Waals surface area contributed by atoms with E-state index >= 15 is 0 Å². The number of rotatable bonds is 0. The van der Waals surface area contributed by atoms with E-state index in [1.54, 1.807) is 0 Å². The van der Waals surface area contributed by atoms with E-state index in [0.717, 1.165) is 95.4 Å². The predicted molar refractivity (Wildman–Crippen MR) is 332 cm³/mol. The molecule has 500 valence electrons. The lowest BCUT2D eigenvalue weighted by Gasteiger charge is -2.09. The third kappa shape index (κ3) is 114. The highest BCUT2D eigenvalue weighted by molar-refractivity contribution is 4.48. The highest BCUT2D eigenvalue weighted by atomic mass is 16.6. The van der Waals surface area contributed by atoms with Gasteiger partial charge in [0.15, 0.2) is 0 Å². The molecule has 18 heteroatoms. The fourth-order valence-corrected chi connectivity index (χ4v) is 5.89. The van der Waals surface area contributed by atoms with Crippen LogP contribution in [0.25, 0.3) is 0 Å². The molecule has 0 unspecified atom stereocenters. The van der Waals surface area contributed by atoms with Crippen molar-refractivity contribution in [1.82, 2.24) is 0 Å². The second kappa shape index (κ2) is 84.5. The van der Waals surface area contributed by atoms with Crippen LogP contribution in [0.4, 0.5) is 0 Å². The summed E-state index contributed by atoms with van der Waals surface area (Å²) in [7, 11) is 0. The van der Waals surface area contributed by atoms with Crippen LogP contribution in [-0.4, -0.2) is 238 Å². The van der Waals surface area contributed by atoms with Crippen LogP contribution in [-0.2, 0) is 85.3 Å². The van der Waals surface area contributed by atoms with Crippen LogP contribution in [0, 0.1) is 23.7 Å². The van der Waals surface area contributed by atoms with Crippen molar-refractivity contribution >= 4 is 0 Å². The van der Waals surface area contributed by atoms with Crippen molar-refractivity contribution in [3.05, 3.63) is 0 Å². The van der Waals surface area contributed by atoms with Crippen LogP contribution in [0.15, 0.2) is 0 Å². The van der Waals surface area contributed by atoms with E-state index in [9.17, 15) is 0 Å². The Hall–Kier alpha value is -0.720. The second-order valence-electron chi connectivity index (χ2n) is 22.2. The van der Waals surface area contributed by atoms with Crippen molar-refractivity contribution in [1.29, 1.82) is 0 Å². The fraction of sp³-hybridized carbons (Fsp3) is 1.00. The van der Waals surface area contributed by atoms with E-state index < -0.39 is 0 Å². The summed E-state index contributed by atoms with van der Waals surface area (Å²) < 4.78 is 96.6. The van der Waals surface area contributed by atoms with Crippen molar-refractivity contribution in [3.8, 4) is 0 Å². The Bertz CT molecular complexity index is 666. The van der Waals surface area contributed by atoms with Crippen LogP contribution in [0.1, 0.15) is 160 Å². The lowest BCUT2D eigenvalue weighted by Crippen LogP contribution is -2.14. The van der Waals surface area contributed by atoms with Gasteiger partial charge in [0.05, 0.1) is 198 Å². The van der Waals surface area contributed by atoms with E-state index in [-0.39, 0.29) is 0 Å². The number of hydrogen-bond donors (Lipinski definition) is 0. The lowest BCUT2D eigenvalue weighted by atomic mass is 10.1. The summed E-state index contributed by atoms with van der Waals surface area (Å²) in [6, 6.07) is 0. The molecular weight excluding hydrogens is 1060 g/mol. The Morgan fingerprint density at radius 1 is 0.110 bits per heavy atom. The minimum atomic E-state index is 0.611. The van der Waals surface area contributed by atoms with E-state index in [1.165, 1.54) is 44.9 Å². The van der Waals surface area contributed by atoms with Crippen LogP contribution in [0.2, 0.25) is 0 Å². The smallest absolute Gasteiger partial charge is 0.0701 e. The Kier molecular flexibility index (Phi) is 90.4. The van der Waals surface area contributed by atoms with Crippen LogP contribution < -0.4 is 0 Å². The molecule has 18 nitrogen and oxygen atoms in total. The molecular formula is C64H136O18. The summed E-state index contributed by atoms with van der Waals surface area (Å²) in [5.74, 6) is 3.33. The van der Waals surface area contributed by atoms with Gasteiger partial charge in [-0.3, -0.25) is 0 Å². The lowest BCUT2D eigenvalue weighted by molar-refractivity contribution is -0.0135. The van der Waals surface area contributed by atoms with Crippen LogP contribution in [0.5, 0.6) is 0 Å². The first-order valence-electron chi connectivity index (χ1n) is 32.3. The standard InChI is InChI=1S/C14H28O4.C13H26O5.C11H22O4.C10H20O5.4C4H10/c1-2-4-6-8-16-10-12-18-14-13-17-11-9-15-7-5-3-1;1-2-4-14-6-8-16-10-12-18-13-11-17-9-7-15-5-3-1;1-2-4-12-6-8-14-10-11-15-9-7-13-5-3-1;1-2-12-5-6-14-9-10-15-8-7-13-4-3-11-1;4*1-4(2)3/h1-14H2;1-13H2;1-11H2;1-10H2;4*4H,1-3H3. The zero-order valence-electron chi connectivity index (χ0n) is 55.6. The van der Waals surface area contributed by atoms with Gasteiger partial charge in [0, 0.05) is 39.6 Å².